The first kappa shape index (κ1) is 14.2. The lowest BCUT2D eigenvalue weighted by Crippen LogP contribution is -2.57. The normalized spacial score (nSPS) is 15.7. The molecule has 0 spiro atoms. The highest BCUT2D eigenvalue weighted by atomic mass is 16.6. The Hall–Kier alpha value is -2.25. The number of carbonyl (C=O) groups excluding carboxylic acids is 1. The topological polar surface area (TPSA) is 105 Å². The fourth-order valence-corrected chi connectivity index (χ4v) is 1.67. The van der Waals surface area contributed by atoms with Crippen LogP contribution in [0, 0.1) is 0 Å². The van der Waals surface area contributed by atoms with Gasteiger partial charge in [-0.1, -0.05) is 0 Å². The van der Waals surface area contributed by atoms with Crippen LogP contribution in [0.1, 0.15) is 31.1 Å². The molecule has 0 aliphatic carbocycles. The Morgan fingerprint density at radius 3 is 2.65 bits per heavy atom. The zero-order valence-corrected chi connectivity index (χ0v) is 11.5. The first-order chi connectivity index (χ1) is 9.26. The Morgan fingerprint density at radius 2 is 2.10 bits per heavy atom. The zero-order chi connectivity index (χ0) is 14.9. The van der Waals surface area contributed by atoms with Gasteiger partial charge >= 0.3 is 12.1 Å². The van der Waals surface area contributed by atoms with Crippen LogP contribution in [0.5, 0.6) is 5.88 Å². The van der Waals surface area contributed by atoms with Gasteiger partial charge in [-0.05, 0) is 20.8 Å². The lowest BCUT2D eigenvalue weighted by atomic mass is 10.1. The maximum absolute atomic E-state index is 11.7. The molecule has 1 saturated heterocycles. The number of carboxylic acids is 1. The molecule has 0 aromatic carbocycles. The van der Waals surface area contributed by atoms with Gasteiger partial charge in [0.2, 0.25) is 5.88 Å². The van der Waals surface area contributed by atoms with E-state index in [0.717, 1.165) is 0 Å². The molecule has 110 valence electrons. The van der Waals surface area contributed by atoms with Gasteiger partial charge in [0.1, 0.15) is 17.3 Å². The molecule has 1 aliphatic heterocycles. The van der Waals surface area contributed by atoms with Gasteiger partial charge in [-0.3, -0.25) is 0 Å². The summed E-state index contributed by atoms with van der Waals surface area (Å²) in [4.78, 5) is 24.1. The number of rotatable bonds is 3. The number of carbonyl (C=O) groups is 2. The first-order valence-electron chi connectivity index (χ1n) is 6.17. The van der Waals surface area contributed by atoms with Gasteiger partial charge in [0.05, 0.1) is 19.3 Å². The number of nitrogens with one attached hydrogen (secondary N) is 1. The SMILES string of the molecule is CC(C)(C)OC(=O)N1CC(Oc2[nH]ncc2C(=O)O)C1. The van der Waals surface area contributed by atoms with Crippen molar-refractivity contribution in [1.29, 1.82) is 0 Å². The van der Waals surface area contributed by atoms with Crippen molar-refractivity contribution in [2.45, 2.75) is 32.5 Å². The lowest BCUT2D eigenvalue weighted by Gasteiger charge is -2.39. The summed E-state index contributed by atoms with van der Waals surface area (Å²) in [7, 11) is 0. The van der Waals surface area contributed by atoms with Crippen LogP contribution in [-0.4, -0.2) is 57.1 Å². The number of nitrogens with zero attached hydrogens (tertiary/aromatic N) is 2. The van der Waals surface area contributed by atoms with Crippen molar-refractivity contribution in [3.05, 3.63) is 11.8 Å². The highest BCUT2D eigenvalue weighted by Crippen LogP contribution is 2.21. The fraction of sp³-hybridized carbons (Fsp3) is 0.583. The number of H-pyrrole nitrogens is 1. The Labute approximate surface area is 115 Å². The molecule has 0 bridgehead atoms. The first-order valence-corrected chi connectivity index (χ1v) is 6.17. The number of carboxylic acid groups (broad SMARTS) is 1. The third-order valence-corrected chi connectivity index (χ3v) is 2.62. The number of likely N-dealkylation sites (tertiary alicyclic amines) is 1. The molecule has 0 radical (unpaired) electrons. The Balaban J connectivity index is 1.84. The third kappa shape index (κ3) is 3.19. The predicted molar refractivity (Wildman–Crippen MR) is 67.8 cm³/mol. The number of ether oxygens (including phenoxy) is 2. The lowest BCUT2D eigenvalue weighted by molar-refractivity contribution is -0.0235. The highest BCUT2D eigenvalue weighted by Gasteiger charge is 2.36. The van der Waals surface area contributed by atoms with Crippen LogP contribution in [0.4, 0.5) is 4.79 Å². The van der Waals surface area contributed by atoms with E-state index in [1.807, 2.05) is 0 Å². The number of hydrogen-bond donors (Lipinski definition) is 2. The molecule has 1 fully saturated rings. The highest BCUT2D eigenvalue weighted by molar-refractivity contribution is 5.89. The molecular formula is C12H17N3O5. The standard InChI is InChI=1S/C12H17N3O5/c1-12(2,3)20-11(18)15-5-7(6-15)19-9-8(10(16)17)4-13-14-9/h4,7H,5-6H2,1-3H3,(H,13,14)(H,16,17). The van der Waals surface area contributed by atoms with E-state index in [0.29, 0.717) is 13.1 Å². The summed E-state index contributed by atoms with van der Waals surface area (Å²) < 4.78 is 10.6. The molecule has 0 saturated carbocycles. The van der Waals surface area contributed by atoms with Crippen molar-refractivity contribution < 1.29 is 24.2 Å². The minimum atomic E-state index is -1.11. The van der Waals surface area contributed by atoms with Crippen LogP contribution in [0.3, 0.4) is 0 Å². The number of aromatic amines is 1. The quantitative estimate of drug-likeness (QED) is 0.860. The molecule has 20 heavy (non-hydrogen) atoms. The minimum absolute atomic E-state index is 0.0271. The van der Waals surface area contributed by atoms with Gasteiger partial charge in [0.25, 0.3) is 0 Å². The Morgan fingerprint density at radius 1 is 1.45 bits per heavy atom. The van der Waals surface area contributed by atoms with Crippen molar-refractivity contribution in [1.82, 2.24) is 15.1 Å². The van der Waals surface area contributed by atoms with Gasteiger partial charge in [-0.2, -0.15) is 5.10 Å². The van der Waals surface area contributed by atoms with Crippen molar-refractivity contribution in [3.8, 4) is 5.88 Å². The largest absolute Gasteiger partial charge is 0.477 e. The molecule has 1 aromatic heterocycles. The van der Waals surface area contributed by atoms with Gasteiger partial charge < -0.3 is 19.5 Å². The molecule has 0 atom stereocenters. The van der Waals surface area contributed by atoms with E-state index in [2.05, 4.69) is 10.2 Å². The average molecular weight is 283 g/mol. The molecule has 2 rings (SSSR count). The number of aromatic carboxylic acids is 1. The molecule has 1 aliphatic rings. The summed E-state index contributed by atoms with van der Waals surface area (Å²) in [6.45, 7) is 6.09. The predicted octanol–water partition coefficient (Wildman–Crippen LogP) is 1.11. The third-order valence-electron chi connectivity index (χ3n) is 2.62. The van der Waals surface area contributed by atoms with Crippen molar-refractivity contribution in [2.75, 3.05) is 13.1 Å². The van der Waals surface area contributed by atoms with Crippen LogP contribution < -0.4 is 4.74 Å². The fourth-order valence-electron chi connectivity index (χ4n) is 1.67. The number of aromatic nitrogens is 2. The second kappa shape index (κ2) is 5.03. The van der Waals surface area contributed by atoms with Crippen LogP contribution >= 0.6 is 0 Å². The van der Waals surface area contributed by atoms with E-state index < -0.39 is 17.7 Å². The molecule has 2 heterocycles. The smallest absolute Gasteiger partial charge is 0.410 e. The van der Waals surface area contributed by atoms with Crippen LogP contribution in [-0.2, 0) is 4.74 Å². The van der Waals surface area contributed by atoms with E-state index in [1.165, 1.54) is 11.1 Å². The molecule has 0 unspecified atom stereocenters. The van der Waals surface area contributed by atoms with Gasteiger partial charge in [0.15, 0.2) is 0 Å². The van der Waals surface area contributed by atoms with E-state index in [1.54, 1.807) is 20.8 Å². The summed E-state index contributed by atoms with van der Waals surface area (Å²) in [5, 5.41) is 15.0. The van der Waals surface area contributed by atoms with Crippen LogP contribution in [0.15, 0.2) is 6.20 Å². The minimum Gasteiger partial charge on any atom is -0.477 e. The van der Waals surface area contributed by atoms with Crippen molar-refractivity contribution in [3.63, 3.8) is 0 Å². The average Bonchev–Trinajstić information content (AvgIpc) is 2.67. The summed E-state index contributed by atoms with van der Waals surface area (Å²) in [6.07, 6.45) is 0.517. The molecule has 1 aromatic rings. The van der Waals surface area contributed by atoms with Crippen LogP contribution in [0.25, 0.3) is 0 Å². The molecular weight excluding hydrogens is 266 g/mol. The van der Waals surface area contributed by atoms with Gasteiger partial charge in [-0.15, -0.1) is 0 Å². The molecule has 1 amide bonds. The van der Waals surface area contributed by atoms with E-state index in [9.17, 15) is 9.59 Å². The molecule has 2 N–H and O–H groups in total. The maximum Gasteiger partial charge on any atom is 0.410 e. The number of hydrogen-bond acceptors (Lipinski definition) is 5. The second-order valence-corrected chi connectivity index (χ2v) is 5.54. The zero-order valence-electron chi connectivity index (χ0n) is 11.5. The second-order valence-electron chi connectivity index (χ2n) is 5.54. The van der Waals surface area contributed by atoms with Crippen molar-refractivity contribution in [2.24, 2.45) is 0 Å². The van der Waals surface area contributed by atoms with E-state index in [4.69, 9.17) is 14.6 Å². The van der Waals surface area contributed by atoms with Crippen LogP contribution in [0.2, 0.25) is 0 Å². The summed E-state index contributed by atoms with van der Waals surface area (Å²) in [6, 6.07) is 0. The number of amides is 1. The van der Waals surface area contributed by atoms with Crippen molar-refractivity contribution >= 4 is 12.1 Å². The van der Waals surface area contributed by atoms with E-state index >= 15 is 0 Å². The molecule has 8 nitrogen and oxygen atoms in total. The monoisotopic (exact) mass is 283 g/mol. The van der Waals surface area contributed by atoms with E-state index in [-0.39, 0.29) is 17.5 Å². The summed E-state index contributed by atoms with van der Waals surface area (Å²) in [5.41, 5.74) is -0.566. The van der Waals surface area contributed by atoms with Gasteiger partial charge in [0, 0.05) is 0 Å². The summed E-state index contributed by atoms with van der Waals surface area (Å²) >= 11 is 0. The Kier molecular flexibility index (Phi) is 3.56. The van der Waals surface area contributed by atoms with Gasteiger partial charge in [-0.25, -0.2) is 14.7 Å². The molecule has 8 heteroatoms. The Bertz CT molecular complexity index is 513. The maximum atomic E-state index is 11.7. The summed E-state index contributed by atoms with van der Waals surface area (Å²) in [5.74, 6) is -1.01.